The van der Waals surface area contributed by atoms with E-state index in [1.54, 1.807) is 0 Å². The van der Waals surface area contributed by atoms with Crippen molar-refractivity contribution < 1.29 is 14.3 Å². The highest BCUT2D eigenvalue weighted by atomic mass is 32.2. The first-order valence-electron chi connectivity index (χ1n) is 8.91. The van der Waals surface area contributed by atoms with E-state index in [1.807, 2.05) is 66.7 Å². The fourth-order valence-electron chi connectivity index (χ4n) is 2.70. The van der Waals surface area contributed by atoms with Gasteiger partial charge in [0.1, 0.15) is 0 Å². The molecular weight excluding hydrogens is 388 g/mol. The molecule has 2 aromatic carbocycles. The molecule has 1 aromatic heterocycles. The SMILES string of the molecule is COC(=O)CSC1NN=C(c2nc(-c3ccccc3)cc(-c3ccccc3)n2)O1. The number of rotatable bonds is 6. The lowest BCUT2D eigenvalue weighted by Gasteiger charge is -2.11. The number of carbonyl (C=O) groups is 1. The summed E-state index contributed by atoms with van der Waals surface area (Å²) in [6.07, 6.45) is 0. The third-order valence-electron chi connectivity index (χ3n) is 4.13. The lowest BCUT2D eigenvalue weighted by Crippen LogP contribution is -2.20. The maximum Gasteiger partial charge on any atom is 0.315 e. The van der Waals surface area contributed by atoms with Gasteiger partial charge in [0.15, 0.2) is 0 Å². The molecule has 1 unspecified atom stereocenters. The lowest BCUT2D eigenvalue weighted by molar-refractivity contribution is -0.137. The van der Waals surface area contributed by atoms with E-state index in [-0.39, 0.29) is 17.6 Å². The van der Waals surface area contributed by atoms with Crippen molar-refractivity contribution in [2.45, 2.75) is 5.56 Å². The fraction of sp³-hybridized carbons (Fsp3) is 0.143. The van der Waals surface area contributed by atoms with E-state index >= 15 is 0 Å². The molecule has 1 aliphatic rings. The number of thioether (sulfide) groups is 1. The number of methoxy groups -OCH3 is 1. The summed E-state index contributed by atoms with van der Waals surface area (Å²) in [6, 6.07) is 21.7. The zero-order valence-corrected chi connectivity index (χ0v) is 16.4. The molecule has 1 atom stereocenters. The second-order valence-electron chi connectivity index (χ2n) is 6.08. The van der Waals surface area contributed by atoms with Gasteiger partial charge in [-0.15, -0.1) is 5.10 Å². The number of nitrogens with zero attached hydrogens (tertiary/aromatic N) is 3. The Hall–Kier alpha value is -3.39. The molecule has 4 rings (SSSR count). The molecule has 0 radical (unpaired) electrons. The molecule has 8 heteroatoms. The number of aromatic nitrogens is 2. The van der Waals surface area contributed by atoms with Crippen molar-refractivity contribution in [1.29, 1.82) is 0 Å². The van der Waals surface area contributed by atoms with Crippen LogP contribution < -0.4 is 5.43 Å². The van der Waals surface area contributed by atoms with E-state index in [1.165, 1.54) is 18.9 Å². The van der Waals surface area contributed by atoms with Crippen molar-refractivity contribution in [2.24, 2.45) is 5.10 Å². The van der Waals surface area contributed by atoms with Crippen LogP contribution in [-0.4, -0.2) is 40.3 Å². The average Bonchev–Trinajstić information content (AvgIpc) is 3.27. The number of esters is 1. The van der Waals surface area contributed by atoms with Crippen molar-refractivity contribution in [1.82, 2.24) is 15.4 Å². The van der Waals surface area contributed by atoms with E-state index < -0.39 is 5.56 Å². The topological polar surface area (TPSA) is 85.7 Å². The maximum absolute atomic E-state index is 11.3. The zero-order valence-electron chi connectivity index (χ0n) is 15.6. The fourth-order valence-corrected chi connectivity index (χ4v) is 3.39. The van der Waals surface area contributed by atoms with E-state index in [4.69, 9.17) is 4.74 Å². The van der Waals surface area contributed by atoms with Gasteiger partial charge in [-0.1, -0.05) is 72.4 Å². The molecule has 2 heterocycles. The molecule has 1 N–H and O–H groups in total. The van der Waals surface area contributed by atoms with E-state index in [0.717, 1.165) is 22.5 Å². The van der Waals surface area contributed by atoms with Crippen LogP contribution in [0.25, 0.3) is 22.5 Å². The van der Waals surface area contributed by atoms with Crippen LogP contribution in [0.1, 0.15) is 5.82 Å². The van der Waals surface area contributed by atoms with Crippen LogP contribution in [0.2, 0.25) is 0 Å². The Morgan fingerprint density at radius 3 is 2.17 bits per heavy atom. The minimum atomic E-state index is -0.506. The normalized spacial score (nSPS) is 15.2. The first-order chi connectivity index (χ1) is 14.2. The Balaban J connectivity index is 1.64. The molecule has 29 heavy (non-hydrogen) atoms. The summed E-state index contributed by atoms with van der Waals surface area (Å²) in [5, 5.41) is 4.21. The van der Waals surface area contributed by atoms with Gasteiger partial charge < -0.3 is 9.47 Å². The van der Waals surface area contributed by atoms with Crippen LogP contribution in [0, 0.1) is 0 Å². The van der Waals surface area contributed by atoms with E-state index in [0.29, 0.717) is 5.82 Å². The number of carbonyl (C=O) groups excluding carboxylic acids is 1. The molecule has 0 saturated carbocycles. The minimum absolute atomic E-state index is 0.150. The standard InChI is InChI=1S/C21H18N4O3S/c1-27-18(26)13-29-21-25-24-20(28-21)19-22-16(14-8-4-2-5-9-14)12-17(23-19)15-10-6-3-7-11-15/h2-12,21,25H,13H2,1H3. The molecule has 0 aliphatic carbocycles. The van der Waals surface area contributed by atoms with Gasteiger partial charge in [-0.2, -0.15) is 0 Å². The first-order valence-corrected chi connectivity index (χ1v) is 9.96. The Kier molecular flexibility index (Phi) is 5.71. The van der Waals surface area contributed by atoms with Crippen LogP contribution in [0.3, 0.4) is 0 Å². The molecule has 0 saturated heterocycles. The summed E-state index contributed by atoms with van der Waals surface area (Å²) >= 11 is 1.24. The van der Waals surface area contributed by atoms with Gasteiger partial charge in [0, 0.05) is 11.1 Å². The van der Waals surface area contributed by atoms with Gasteiger partial charge in [-0.3, -0.25) is 10.2 Å². The Morgan fingerprint density at radius 1 is 1.03 bits per heavy atom. The molecule has 0 amide bonds. The Morgan fingerprint density at radius 2 is 1.62 bits per heavy atom. The molecule has 146 valence electrons. The molecule has 0 fully saturated rings. The first kappa shape index (κ1) is 18.9. The Bertz CT molecular complexity index is 971. The highest BCUT2D eigenvalue weighted by molar-refractivity contribution is 8.00. The Labute approximate surface area is 172 Å². The molecule has 0 bridgehead atoms. The van der Waals surface area contributed by atoms with Gasteiger partial charge in [0.2, 0.25) is 11.4 Å². The second kappa shape index (κ2) is 8.74. The predicted molar refractivity (Wildman–Crippen MR) is 112 cm³/mol. The van der Waals surface area contributed by atoms with E-state index in [9.17, 15) is 4.79 Å². The van der Waals surface area contributed by atoms with Gasteiger partial charge in [0.25, 0.3) is 5.90 Å². The van der Waals surface area contributed by atoms with Crippen molar-refractivity contribution in [3.05, 3.63) is 72.6 Å². The zero-order chi connectivity index (χ0) is 20.1. The van der Waals surface area contributed by atoms with Gasteiger partial charge in [-0.25, -0.2) is 9.97 Å². The number of benzene rings is 2. The van der Waals surface area contributed by atoms with Crippen LogP contribution in [0.15, 0.2) is 71.8 Å². The maximum atomic E-state index is 11.3. The van der Waals surface area contributed by atoms with Crippen molar-refractivity contribution in [3.8, 4) is 22.5 Å². The molecule has 7 nitrogen and oxygen atoms in total. The number of hydrogen-bond acceptors (Lipinski definition) is 8. The average molecular weight is 406 g/mol. The van der Waals surface area contributed by atoms with Crippen molar-refractivity contribution >= 4 is 23.6 Å². The molecule has 3 aromatic rings. The molecular formula is C21H18N4O3S. The van der Waals surface area contributed by atoms with Crippen LogP contribution in [0.5, 0.6) is 0 Å². The number of hydrogen-bond donors (Lipinski definition) is 1. The molecule has 0 spiro atoms. The summed E-state index contributed by atoms with van der Waals surface area (Å²) in [7, 11) is 1.35. The van der Waals surface area contributed by atoms with Crippen LogP contribution in [-0.2, 0) is 14.3 Å². The minimum Gasteiger partial charge on any atom is -0.468 e. The summed E-state index contributed by atoms with van der Waals surface area (Å²) in [5.74, 6) is 0.473. The highest BCUT2D eigenvalue weighted by Gasteiger charge is 2.25. The smallest absolute Gasteiger partial charge is 0.315 e. The van der Waals surface area contributed by atoms with Gasteiger partial charge >= 0.3 is 5.97 Å². The monoisotopic (exact) mass is 406 g/mol. The molecule has 1 aliphatic heterocycles. The largest absolute Gasteiger partial charge is 0.468 e. The number of ether oxygens (including phenoxy) is 2. The second-order valence-corrected chi connectivity index (χ2v) is 7.13. The highest BCUT2D eigenvalue weighted by Crippen LogP contribution is 2.25. The number of hydrazone groups is 1. The third kappa shape index (κ3) is 4.55. The van der Waals surface area contributed by atoms with Gasteiger partial charge in [-0.05, 0) is 6.07 Å². The van der Waals surface area contributed by atoms with Gasteiger partial charge in [0.05, 0.1) is 24.3 Å². The summed E-state index contributed by atoms with van der Waals surface area (Å²) in [5.41, 5.74) is 5.82. The van der Waals surface area contributed by atoms with E-state index in [2.05, 4.69) is 25.2 Å². The quantitative estimate of drug-likeness (QED) is 0.629. The third-order valence-corrected chi connectivity index (χ3v) is 5.03. The van der Waals surface area contributed by atoms with Crippen LogP contribution >= 0.6 is 11.8 Å². The van der Waals surface area contributed by atoms with Crippen molar-refractivity contribution in [2.75, 3.05) is 12.9 Å². The summed E-state index contributed by atoms with van der Waals surface area (Å²) in [4.78, 5) is 20.6. The number of nitrogens with one attached hydrogen (secondary N) is 1. The van der Waals surface area contributed by atoms with Crippen LogP contribution in [0.4, 0.5) is 0 Å². The summed E-state index contributed by atoms with van der Waals surface area (Å²) in [6.45, 7) is 0. The predicted octanol–water partition coefficient (Wildman–Crippen LogP) is 3.28. The summed E-state index contributed by atoms with van der Waals surface area (Å²) < 4.78 is 10.4. The lowest BCUT2D eigenvalue weighted by atomic mass is 10.1. The van der Waals surface area contributed by atoms with Crippen molar-refractivity contribution in [3.63, 3.8) is 0 Å².